The highest BCUT2D eigenvalue weighted by molar-refractivity contribution is 6.03. The van der Waals surface area contributed by atoms with Crippen LogP contribution in [0.25, 0.3) is 11.0 Å². The van der Waals surface area contributed by atoms with E-state index in [1.807, 2.05) is 18.2 Å². The number of amides is 4. The molecule has 2 aliphatic rings. The molecule has 2 heterocycles. The summed E-state index contributed by atoms with van der Waals surface area (Å²) in [6.45, 7) is 3.80. The molecule has 3 aromatic rings. The Bertz CT molecular complexity index is 1720. The monoisotopic (exact) mass is 643 g/mol. The number of allylic oxidation sites excluding steroid dienone is 1. The molecule has 2 fully saturated rings. The summed E-state index contributed by atoms with van der Waals surface area (Å²) in [6, 6.07) is 9.38. The van der Waals surface area contributed by atoms with Crippen LogP contribution in [-0.4, -0.2) is 59.3 Å². The van der Waals surface area contributed by atoms with Crippen molar-refractivity contribution in [1.29, 1.82) is 0 Å². The summed E-state index contributed by atoms with van der Waals surface area (Å²) in [6.07, 6.45) is 10.8. The van der Waals surface area contributed by atoms with Gasteiger partial charge in [0.05, 0.1) is 0 Å². The Kier molecular flexibility index (Phi) is 10.6. The van der Waals surface area contributed by atoms with Crippen molar-refractivity contribution in [3.8, 4) is 0 Å². The van der Waals surface area contributed by atoms with Crippen molar-refractivity contribution in [2.45, 2.75) is 77.4 Å². The molecule has 1 aromatic carbocycles. The first-order valence-electron chi connectivity index (χ1n) is 16.5. The van der Waals surface area contributed by atoms with Gasteiger partial charge in [-0.25, -0.2) is 0 Å². The average molecular weight is 644 g/mol. The molecule has 3 N–H and O–H groups in total. The number of hydrogen-bond donors (Lipinski definition) is 3. The summed E-state index contributed by atoms with van der Waals surface area (Å²) in [5.74, 6) is 0.0627. The number of nitrogens with zero attached hydrogens (tertiary/aromatic N) is 2. The molecular weight excluding hydrogens is 598 g/mol. The molecule has 2 bridgehead atoms. The van der Waals surface area contributed by atoms with Gasteiger partial charge in [-0.05, 0) is 81.1 Å². The summed E-state index contributed by atoms with van der Waals surface area (Å²) in [7, 11) is 3.27. The largest absolute Gasteiger partial charge is 0.451 e. The predicted molar refractivity (Wildman–Crippen MR) is 180 cm³/mol. The number of likely N-dealkylation sites (N-methyl/N-ethyl adjacent to an activating group) is 1. The van der Waals surface area contributed by atoms with Gasteiger partial charge in [0.25, 0.3) is 11.5 Å². The number of carbonyl (C=O) groups is 4. The van der Waals surface area contributed by atoms with Crippen molar-refractivity contribution >= 4 is 40.3 Å². The van der Waals surface area contributed by atoms with Gasteiger partial charge in [-0.15, -0.1) is 0 Å². The van der Waals surface area contributed by atoms with Crippen LogP contribution >= 0.6 is 0 Å². The fraction of sp³-hybridized carbons (Fsp3) is 0.472. The van der Waals surface area contributed by atoms with E-state index in [4.69, 9.17) is 4.42 Å². The van der Waals surface area contributed by atoms with Crippen LogP contribution in [0.15, 0.2) is 64.0 Å². The van der Waals surface area contributed by atoms with Gasteiger partial charge in [0, 0.05) is 37.3 Å². The van der Waals surface area contributed by atoms with Gasteiger partial charge in [0.15, 0.2) is 5.76 Å². The Hall–Kier alpha value is -4.67. The third-order valence-electron chi connectivity index (χ3n) is 9.56. The molecule has 0 radical (unpaired) electrons. The van der Waals surface area contributed by atoms with Crippen LogP contribution in [0.2, 0.25) is 0 Å². The standard InChI is InChI=1S/C36H45N5O6/c1-22-19-24-11-9-12-25(20-24)32(22)39-30(42)21-41-18-10-15-28(36(41)46)38-34(44)27(14-6-8-17-31(43)40(3)4)37-35(45)33-23(2)26-13-5-7-16-29(26)47-33/h5,7-8,10,13,15-18,22,24-25,27,32H,6,9,11-12,14,19-21H2,1-4H3,(H,37,45)(H,38,44)(H,39,42)/b17-8+. The van der Waals surface area contributed by atoms with E-state index in [0.717, 1.165) is 30.6 Å². The van der Waals surface area contributed by atoms with Crippen LogP contribution < -0.4 is 21.5 Å². The Morgan fingerprint density at radius 3 is 2.64 bits per heavy atom. The molecule has 11 nitrogen and oxygen atoms in total. The van der Waals surface area contributed by atoms with E-state index < -0.39 is 23.4 Å². The molecule has 2 aromatic heterocycles. The van der Waals surface area contributed by atoms with E-state index in [-0.39, 0.29) is 42.3 Å². The third-order valence-corrected chi connectivity index (χ3v) is 9.56. The van der Waals surface area contributed by atoms with E-state index in [1.165, 1.54) is 40.6 Å². The van der Waals surface area contributed by atoms with Crippen molar-refractivity contribution in [2.75, 3.05) is 19.4 Å². The van der Waals surface area contributed by atoms with Gasteiger partial charge < -0.3 is 29.8 Å². The number of para-hydroxylation sites is 1. The average Bonchev–Trinajstić information content (AvgIpc) is 3.38. The second kappa shape index (κ2) is 14.8. The van der Waals surface area contributed by atoms with Crippen molar-refractivity contribution in [1.82, 2.24) is 20.1 Å². The second-order valence-corrected chi connectivity index (χ2v) is 13.2. The van der Waals surface area contributed by atoms with Gasteiger partial charge >= 0.3 is 0 Å². The number of benzene rings is 1. The van der Waals surface area contributed by atoms with Crippen LogP contribution in [0.3, 0.4) is 0 Å². The van der Waals surface area contributed by atoms with Crippen LogP contribution in [0.1, 0.15) is 68.0 Å². The minimum Gasteiger partial charge on any atom is -0.451 e. The third kappa shape index (κ3) is 8.01. The Morgan fingerprint density at radius 1 is 1.09 bits per heavy atom. The normalized spacial score (nSPS) is 21.3. The molecule has 0 spiro atoms. The summed E-state index contributed by atoms with van der Waals surface area (Å²) < 4.78 is 7.08. The molecule has 0 saturated heterocycles. The van der Waals surface area contributed by atoms with Crippen LogP contribution in [0.5, 0.6) is 0 Å². The second-order valence-electron chi connectivity index (χ2n) is 13.2. The number of hydrogen-bond acceptors (Lipinski definition) is 6. The van der Waals surface area contributed by atoms with Gasteiger partial charge in [-0.1, -0.05) is 44.0 Å². The zero-order chi connectivity index (χ0) is 33.7. The highest BCUT2D eigenvalue weighted by Crippen LogP contribution is 2.42. The van der Waals surface area contributed by atoms with Crippen LogP contribution in [0.4, 0.5) is 5.69 Å². The quantitative estimate of drug-likeness (QED) is 0.265. The maximum Gasteiger partial charge on any atom is 0.287 e. The lowest BCUT2D eigenvalue weighted by Gasteiger charge is -2.44. The number of fused-ring (bicyclic) bond motifs is 3. The van der Waals surface area contributed by atoms with E-state index in [0.29, 0.717) is 29.4 Å². The van der Waals surface area contributed by atoms with Crippen molar-refractivity contribution in [3.63, 3.8) is 0 Å². The SMILES string of the molecule is Cc1c(C(=O)NC(CC/C=C/C(=O)N(C)C)C(=O)Nc2cccn(CC(=O)NC3C(C)CC4CCCC3C4)c2=O)oc2ccccc12. The van der Waals surface area contributed by atoms with E-state index in [2.05, 4.69) is 22.9 Å². The number of furan rings is 1. The Morgan fingerprint density at radius 2 is 1.87 bits per heavy atom. The lowest BCUT2D eigenvalue weighted by molar-refractivity contribution is -0.124. The number of aromatic nitrogens is 1. The number of nitrogens with one attached hydrogen (secondary N) is 3. The maximum absolute atomic E-state index is 13.6. The smallest absolute Gasteiger partial charge is 0.287 e. The first-order valence-corrected chi connectivity index (χ1v) is 16.5. The lowest BCUT2D eigenvalue weighted by Crippen LogP contribution is -2.50. The molecule has 11 heteroatoms. The predicted octanol–water partition coefficient (Wildman–Crippen LogP) is 4.40. The molecule has 5 atom stereocenters. The van der Waals surface area contributed by atoms with E-state index in [9.17, 15) is 24.0 Å². The van der Waals surface area contributed by atoms with E-state index >= 15 is 0 Å². The number of carbonyl (C=O) groups excluding carboxylic acids is 4. The number of anilines is 1. The molecule has 2 aliphatic carbocycles. The van der Waals surface area contributed by atoms with Gasteiger partial charge in [-0.2, -0.15) is 0 Å². The van der Waals surface area contributed by atoms with E-state index in [1.54, 1.807) is 39.2 Å². The molecule has 250 valence electrons. The molecule has 47 heavy (non-hydrogen) atoms. The zero-order valence-electron chi connectivity index (χ0n) is 27.6. The number of rotatable bonds is 11. The Balaban J connectivity index is 1.28. The van der Waals surface area contributed by atoms with Crippen LogP contribution in [-0.2, 0) is 20.9 Å². The van der Waals surface area contributed by atoms with Gasteiger partial charge in [0.1, 0.15) is 23.9 Å². The summed E-state index contributed by atoms with van der Waals surface area (Å²) >= 11 is 0. The Labute approximate surface area is 274 Å². The van der Waals surface area contributed by atoms with Gasteiger partial charge in [0.2, 0.25) is 17.7 Å². The van der Waals surface area contributed by atoms with Crippen molar-refractivity contribution < 1.29 is 23.6 Å². The zero-order valence-corrected chi connectivity index (χ0v) is 27.6. The lowest BCUT2D eigenvalue weighted by atomic mass is 9.65. The molecule has 2 saturated carbocycles. The number of pyridine rings is 1. The maximum atomic E-state index is 13.6. The molecular formula is C36H45N5O6. The fourth-order valence-corrected chi connectivity index (χ4v) is 7.11. The first-order chi connectivity index (χ1) is 22.5. The first kappa shape index (κ1) is 33.7. The topological polar surface area (TPSA) is 143 Å². The summed E-state index contributed by atoms with van der Waals surface area (Å²) in [5.41, 5.74) is 0.656. The molecule has 0 aliphatic heterocycles. The summed E-state index contributed by atoms with van der Waals surface area (Å²) in [4.78, 5) is 66.8. The summed E-state index contributed by atoms with van der Waals surface area (Å²) in [5, 5.41) is 9.40. The minimum absolute atomic E-state index is 0.0102. The molecule has 5 unspecified atom stereocenters. The minimum atomic E-state index is -1.06. The van der Waals surface area contributed by atoms with Crippen molar-refractivity contribution in [3.05, 3.63) is 76.4 Å². The molecule has 5 rings (SSSR count). The highest BCUT2D eigenvalue weighted by atomic mass is 16.3. The van der Waals surface area contributed by atoms with Crippen molar-refractivity contribution in [2.24, 2.45) is 17.8 Å². The molecule has 4 amide bonds. The van der Waals surface area contributed by atoms with Gasteiger partial charge in [-0.3, -0.25) is 24.0 Å². The fourth-order valence-electron chi connectivity index (χ4n) is 7.11. The highest BCUT2D eigenvalue weighted by Gasteiger charge is 2.38. The number of aryl methyl sites for hydroxylation is 1. The van der Waals surface area contributed by atoms with Crippen LogP contribution in [0, 0.1) is 24.7 Å².